The monoisotopic (exact) mass is 396 g/mol. The zero-order valence-corrected chi connectivity index (χ0v) is 17.1. The fraction of sp³-hybridized carbons (Fsp3) is 0.0385. The molecule has 0 unspecified atom stereocenters. The maximum absolute atomic E-state index is 14.4. The summed E-state index contributed by atoms with van der Waals surface area (Å²) in [6, 6.07) is 33.6. The highest BCUT2D eigenvalue weighted by molar-refractivity contribution is 7.93. The van der Waals surface area contributed by atoms with Crippen LogP contribution in [0.15, 0.2) is 109 Å². The van der Waals surface area contributed by atoms with Crippen molar-refractivity contribution in [3.8, 4) is 11.1 Å². The van der Waals surface area contributed by atoms with Gasteiger partial charge in [0.05, 0.1) is 0 Å². The van der Waals surface area contributed by atoms with Crippen LogP contribution in [0.25, 0.3) is 11.1 Å². The lowest BCUT2D eigenvalue weighted by Crippen LogP contribution is -2.23. The molecule has 29 heavy (non-hydrogen) atoms. The van der Waals surface area contributed by atoms with E-state index in [1.54, 1.807) is 30.3 Å². The molecular weight excluding hydrogens is 375 g/mol. The molecule has 0 amide bonds. The predicted molar refractivity (Wildman–Crippen MR) is 121 cm³/mol. The van der Waals surface area contributed by atoms with Crippen LogP contribution in [0.5, 0.6) is 0 Å². The Morgan fingerprint density at radius 2 is 1.10 bits per heavy atom. The molecule has 0 aliphatic carbocycles. The van der Waals surface area contributed by atoms with E-state index in [9.17, 15) is 9.36 Å². The van der Waals surface area contributed by atoms with E-state index in [1.165, 1.54) is 0 Å². The van der Waals surface area contributed by atoms with Crippen LogP contribution < -0.4 is 10.6 Å². The Labute approximate surface area is 171 Å². The molecule has 4 rings (SSSR count). The lowest BCUT2D eigenvalue weighted by atomic mass is 9.99. The molecule has 0 heterocycles. The van der Waals surface area contributed by atoms with Crippen LogP contribution >= 0.6 is 7.14 Å². The van der Waals surface area contributed by atoms with Gasteiger partial charge in [0.15, 0.2) is 0 Å². The standard InChI is InChI=1S/C26H21O2P/c1-20-16-18-21(19-17-20)24-14-8-9-15-25(24)26(27)29(28,22-10-4-2-5-11-22)23-12-6-3-7-13-23/h2-19H,1H3. The third-order valence-electron chi connectivity index (χ3n) is 5.05. The van der Waals surface area contributed by atoms with Crippen molar-refractivity contribution in [3.63, 3.8) is 0 Å². The molecule has 0 fully saturated rings. The number of carbonyl (C=O) groups excluding carboxylic acids is 1. The van der Waals surface area contributed by atoms with Crippen LogP contribution in [0.3, 0.4) is 0 Å². The summed E-state index contributed by atoms with van der Waals surface area (Å²) in [5.74, 6) is 0. The van der Waals surface area contributed by atoms with Crippen LogP contribution in [-0.4, -0.2) is 5.52 Å². The summed E-state index contributed by atoms with van der Waals surface area (Å²) in [5.41, 5.74) is 3.02. The SMILES string of the molecule is Cc1ccc(-c2ccccc2C(=O)P(=O)(c2ccccc2)c2ccccc2)cc1. The number of aryl methyl sites for hydroxylation is 1. The number of carbonyl (C=O) groups is 1. The van der Waals surface area contributed by atoms with Crippen molar-refractivity contribution in [1.29, 1.82) is 0 Å². The largest absolute Gasteiger partial charge is 0.305 e. The normalized spacial score (nSPS) is 11.2. The fourth-order valence-electron chi connectivity index (χ4n) is 3.48. The average molecular weight is 396 g/mol. The lowest BCUT2D eigenvalue weighted by Gasteiger charge is -2.20. The highest BCUT2D eigenvalue weighted by Gasteiger charge is 2.37. The molecule has 142 valence electrons. The van der Waals surface area contributed by atoms with Gasteiger partial charge in [-0.25, -0.2) is 0 Å². The van der Waals surface area contributed by atoms with Crippen LogP contribution in [-0.2, 0) is 4.57 Å². The maximum atomic E-state index is 14.4. The zero-order valence-electron chi connectivity index (χ0n) is 16.2. The van der Waals surface area contributed by atoms with Gasteiger partial charge in [0.1, 0.15) is 0 Å². The first-order chi connectivity index (χ1) is 14.1. The summed E-state index contributed by atoms with van der Waals surface area (Å²) in [6.07, 6.45) is 0. The van der Waals surface area contributed by atoms with E-state index in [4.69, 9.17) is 0 Å². The Kier molecular flexibility index (Phi) is 5.29. The molecule has 4 aromatic carbocycles. The molecule has 0 saturated heterocycles. The van der Waals surface area contributed by atoms with E-state index in [2.05, 4.69) is 0 Å². The first-order valence-corrected chi connectivity index (χ1v) is 11.2. The van der Waals surface area contributed by atoms with E-state index >= 15 is 0 Å². The maximum Gasteiger partial charge on any atom is 0.230 e. The topological polar surface area (TPSA) is 34.1 Å². The Morgan fingerprint density at radius 3 is 1.66 bits per heavy atom. The van der Waals surface area contributed by atoms with Gasteiger partial charge in [0.2, 0.25) is 12.7 Å². The van der Waals surface area contributed by atoms with Crippen LogP contribution in [0.2, 0.25) is 0 Å². The van der Waals surface area contributed by atoms with Crippen molar-refractivity contribution >= 4 is 23.3 Å². The molecule has 0 aromatic heterocycles. The van der Waals surface area contributed by atoms with Crippen LogP contribution in [0, 0.1) is 6.92 Å². The molecule has 0 aliphatic heterocycles. The van der Waals surface area contributed by atoms with Gasteiger partial charge in [-0.1, -0.05) is 115 Å². The summed E-state index contributed by atoms with van der Waals surface area (Å²) in [4.78, 5) is 13.9. The Hall–Kier alpha value is -3.22. The first kappa shape index (κ1) is 19.1. The molecule has 3 heteroatoms. The molecule has 0 aliphatic rings. The summed E-state index contributed by atoms with van der Waals surface area (Å²) >= 11 is 0. The summed E-state index contributed by atoms with van der Waals surface area (Å²) in [6.45, 7) is 2.03. The van der Waals surface area contributed by atoms with E-state index in [0.29, 0.717) is 16.2 Å². The minimum atomic E-state index is -3.53. The highest BCUT2D eigenvalue weighted by Crippen LogP contribution is 2.48. The van der Waals surface area contributed by atoms with Crippen LogP contribution in [0.1, 0.15) is 15.9 Å². The molecule has 4 aromatic rings. The van der Waals surface area contributed by atoms with Gasteiger partial charge in [0.25, 0.3) is 0 Å². The van der Waals surface area contributed by atoms with Crippen molar-refractivity contribution < 1.29 is 9.36 Å². The van der Waals surface area contributed by atoms with Gasteiger partial charge in [-0.3, -0.25) is 4.79 Å². The Bertz CT molecular complexity index is 1140. The van der Waals surface area contributed by atoms with E-state index in [-0.39, 0.29) is 5.52 Å². The van der Waals surface area contributed by atoms with Gasteiger partial charge < -0.3 is 4.57 Å². The second-order valence-corrected chi connectivity index (χ2v) is 9.65. The summed E-state index contributed by atoms with van der Waals surface area (Å²) < 4.78 is 14.4. The van der Waals surface area contributed by atoms with E-state index in [0.717, 1.165) is 16.7 Å². The molecule has 0 spiro atoms. The lowest BCUT2D eigenvalue weighted by molar-refractivity contribution is 0.107. The van der Waals surface area contributed by atoms with Gasteiger partial charge in [0, 0.05) is 16.2 Å². The van der Waals surface area contributed by atoms with Crippen molar-refractivity contribution in [1.82, 2.24) is 0 Å². The second kappa shape index (κ2) is 8.03. The van der Waals surface area contributed by atoms with Gasteiger partial charge in [-0.15, -0.1) is 0 Å². The number of hydrogen-bond acceptors (Lipinski definition) is 2. The highest BCUT2D eigenvalue weighted by atomic mass is 31.2. The average Bonchev–Trinajstić information content (AvgIpc) is 2.80. The smallest absolute Gasteiger partial charge is 0.230 e. The molecule has 0 atom stereocenters. The van der Waals surface area contributed by atoms with Crippen molar-refractivity contribution in [2.75, 3.05) is 0 Å². The van der Waals surface area contributed by atoms with Crippen molar-refractivity contribution in [2.24, 2.45) is 0 Å². The van der Waals surface area contributed by atoms with Crippen LogP contribution in [0.4, 0.5) is 0 Å². The molecule has 0 bridgehead atoms. The summed E-state index contributed by atoms with van der Waals surface area (Å²) in [5, 5.41) is 1.10. The number of benzene rings is 4. The van der Waals surface area contributed by atoms with E-state index < -0.39 is 7.14 Å². The third-order valence-corrected chi connectivity index (χ3v) is 7.91. The Morgan fingerprint density at radius 1 is 0.621 bits per heavy atom. The zero-order chi connectivity index (χ0) is 20.3. The summed E-state index contributed by atoms with van der Waals surface area (Å²) in [7, 11) is -3.53. The molecule has 0 radical (unpaired) electrons. The van der Waals surface area contributed by atoms with Crippen molar-refractivity contribution in [3.05, 3.63) is 120 Å². The Balaban J connectivity index is 1.92. The molecule has 0 saturated carbocycles. The quantitative estimate of drug-likeness (QED) is 0.399. The fourth-order valence-corrected chi connectivity index (χ4v) is 5.97. The van der Waals surface area contributed by atoms with Gasteiger partial charge in [-0.05, 0) is 18.1 Å². The first-order valence-electron chi connectivity index (χ1n) is 9.53. The minimum absolute atomic E-state index is 0.342. The third kappa shape index (κ3) is 3.60. The van der Waals surface area contributed by atoms with Crippen molar-refractivity contribution in [2.45, 2.75) is 6.92 Å². The predicted octanol–water partition coefficient (Wildman–Crippen LogP) is 5.82. The molecule has 2 nitrogen and oxygen atoms in total. The number of hydrogen-bond donors (Lipinski definition) is 0. The minimum Gasteiger partial charge on any atom is -0.305 e. The van der Waals surface area contributed by atoms with Gasteiger partial charge in [-0.2, -0.15) is 0 Å². The van der Waals surface area contributed by atoms with Gasteiger partial charge >= 0.3 is 0 Å². The van der Waals surface area contributed by atoms with E-state index in [1.807, 2.05) is 85.8 Å². The molecular formula is C26H21O2P. The second-order valence-electron chi connectivity index (χ2n) is 7.00. The number of rotatable bonds is 5. The molecule has 0 N–H and O–H groups in total.